The molecule has 1 aliphatic heterocycles. The number of hydrogen-bond donors (Lipinski definition) is 0. The molecular formula is C14H14ClNO3. The Bertz CT molecular complexity index is 597. The molecule has 0 radical (unpaired) electrons. The van der Waals surface area contributed by atoms with Gasteiger partial charge in [-0.1, -0.05) is 11.6 Å². The minimum Gasteiger partial charge on any atom is -0.494 e. The van der Waals surface area contributed by atoms with Crippen molar-refractivity contribution >= 4 is 22.5 Å². The molecule has 0 saturated carbocycles. The van der Waals surface area contributed by atoms with E-state index in [1.54, 1.807) is 0 Å². The van der Waals surface area contributed by atoms with E-state index in [-0.39, 0.29) is 0 Å². The van der Waals surface area contributed by atoms with Gasteiger partial charge in [0.1, 0.15) is 10.9 Å². The van der Waals surface area contributed by atoms with Gasteiger partial charge >= 0.3 is 0 Å². The van der Waals surface area contributed by atoms with Crippen LogP contribution in [0.4, 0.5) is 0 Å². The minimum absolute atomic E-state index is 0.417. The molecule has 1 aliphatic rings. The number of rotatable bonds is 3. The maximum Gasteiger partial charge on any atom is 0.187 e. The fraction of sp³-hybridized carbons (Fsp3) is 0.357. The molecule has 1 saturated heterocycles. The second kappa shape index (κ2) is 5.33. The average Bonchev–Trinajstić information content (AvgIpc) is 2.92. The molecule has 19 heavy (non-hydrogen) atoms. The first kappa shape index (κ1) is 12.7. The molecule has 0 unspecified atom stereocenters. The number of benzene rings is 1. The largest absolute Gasteiger partial charge is 0.494 e. The lowest BCUT2D eigenvalue weighted by Crippen LogP contribution is -2.01. The number of ether oxygens (including phenoxy) is 3. The van der Waals surface area contributed by atoms with E-state index in [4.69, 9.17) is 25.8 Å². The predicted molar refractivity (Wildman–Crippen MR) is 72.6 cm³/mol. The molecule has 2 aromatic rings. The number of halogens is 1. The van der Waals surface area contributed by atoms with Crippen molar-refractivity contribution < 1.29 is 14.2 Å². The van der Waals surface area contributed by atoms with Gasteiger partial charge in [0, 0.05) is 10.9 Å². The molecular weight excluding hydrogens is 266 g/mol. The number of fused-ring (bicyclic) bond motifs is 1. The second-order valence-corrected chi connectivity index (χ2v) is 4.59. The van der Waals surface area contributed by atoms with E-state index < -0.39 is 6.29 Å². The lowest BCUT2D eigenvalue weighted by Gasteiger charge is -2.12. The summed E-state index contributed by atoms with van der Waals surface area (Å²) in [6.45, 7) is 3.75. The summed E-state index contributed by atoms with van der Waals surface area (Å²) in [5.41, 5.74) is 1.59. The van der Waals surface area contributed by atoms with E-state index >= 15 is 0 Å². The molecule has 0 amide bonds. The van der Waals surface area contributed by atoms with Crippen LogP contribution in [0.5, 0.6) is 5.75 Å². The fourth-order valence-electron chi connectivity index (χ4n) is 2.11. The van der Waals surface area contributed by atoms with Gasteiger partial charge in [0.2, 0.25) is 0 Å². The Kier molecular flexibility index (Phi) is 3.55. The van der Waals surface area contributed by atoms with Crippen molar-refractivity contribution in [3.63, 3.8) is 0 Å². The third-order valence-corrected chi connectivity index (χ3v) is 3.26. The zero-order chi connectivity index (χ0) is 13.2. The quantitative estimate of drug-likeness (QED) is 0.808. The first-order valence-electron chi connectivity index (χ1n) is 6.24. The van der Waals surface area contributed by atoms with Crippen LogP contribution in [0, 0.1) is 0 Å². The first-order valence-corrected chi connectivity index (χ1v) is 6.62. The topological polar surface area (TPSA) is 40.6 Å². The molecule has 0 aliphatic carbocycles. The lowest BCUT2D eigenvalue weighted by molar-refractivity contribution is -0.0441. The predicted octanol–water partition coefficient (Wildman–Crippen LogP) is 3.33. The molecule has 5 heteroatoms. The smallest absolute Gasteiger partial charge is 0.187 e. The molecule has 1 aromatic carbocycles. The van der Waals surface area contributed by atoms with Crippen LogP contribution >= 0.6 is 11.6 Å². The highest BCUT2D eigenvalue weighted by Crippen LogP contribution is 2.32. The van der Waals surface area contributed by atoms with Gasteiger partial charge in [0.25, 0.3) is 0 Å². The first-order chi connectivity index (χ1) is 9.28. The third kappa shape index (κ3) is 2.52. The lowest BCUT2D eigenvalue weighted by atomic mass is 10.1. The Morgan fingerprint density at radius 1 is 1.32 bits per heavy atom. The zero-order valence-electron chi connectivity index (χ0n) is 10.6. The van der Waals surface area contributed by atoms with Crippen molar-refractivity contribution in [2.24, 2.45) is 0 Å². The summed E-state index contributed by atoms with van der Waals surface area (Å²) >= 11 is 6.18. The van der Waals surface area contributed by atoms with Crippen LogP contribution in [0.15, 0.2) is 24.3 Å². The third-order valence-electron chi connectivity index (χ3n) is 2.95. The molecule has 0 atom stereocenters. The number of nitrogens with zero attached hydrogens (tertiary/aromatic N) is 1. The van der Waals surface area contributed by atoms with Crippen molar-refractivity contribution in [1.29, 1.82) is 0 Å². The van der Waals surface area contributed by atoms with Crippen LogP contribution in [0.2, 0.25) is 5.15 Å². The fourth-order valence-corrected chi connectivity index (χ4v) is 2.34. The normalized spacial score (nSPS) is 16.1. The summed E-state index contributed by atoms with van der Waals surface area (Å²) in [7, 11) is 0. The van der Waals surface area contributed by atoms with Crippen molar-refractivity contribution in [2.45, 2.75) is 13.2 Å². The summed E-state index contributed by atoms with van der Waals surface area (Å²) < 4.78 is 16.4. The highest BCUT2D eigenvalue weighted by molar-refractivity contribution is 6.30. The second-order valence-electron chi connectivity index (χ2n) is 4.23. The molecule has 1 fully saturated rings. The molecule has 0 bridgehead atoms. The SMILES string of the molecule is CCOc1ccc2nc(Cl)c(C3OCCO3)cc2c1. The van der Waals surface area contributed by atoms with Crippen molar-refractivity contribution in [3.05, 3.63) is 35.0 Å². The Morgan fingerprint density at radius 3 is 2.84 bits per heavy atom. The van der Waals surface area contributed by atoms with Crippen LogP contribution in [0.3, 0.4) is 0 Å². The Hall–Kier alpha value is -1.36. The average molecular weight is 280 g/mol. The zero-order valence-corrected chi connectivity index (χ0v) is 11.3. The Labute approximate surface area is 116 Å². The van der Waals surface area contributed by atoms with Crippen LogP contribution in [0.25, 0.3) is 10.9 Å². The van der Waals surface area contributed by atoms with Crippen LogP contribution in [-0.2, 0) is 9.47 Å². The molecule has 100 valence electrons. The van der Waals surface area contributed by atoms with Gasteiger partial charge in [-0.25, -0.2) is 4.98 Å². The number of hydrogen-bond acceptors (Lipinski definition) is 4. The van der Waals surface area contributed by atoms with Gasteiger partial charge in [-0.3, -0.25) is 0 Å². The highest BCUT2D eigenvalue weighted by Gasteiger charge is 2.22. The molecule has 3 rings (SSSR count). The summed E-state index contributed by atoms with van der Waals surface area (Å²) in [5.74, 6) is 0.818. The molecule has 1 aromatic heterocycles. The van der Waals surface area contributed by atoms with E-state index in [9.17, 15) is 0 Å². The summed E-state index contributed by atoms with van der Waals surface area (Å²) in [4.78, 5) is 4.37. The molecule has 0 N–H and O–H groups in total. The van der Waals surface area contributed by atoms with E-state index in [0.29, 0.717) is 25.0 Å². The summed E-state index contributed by atoms with van der Waals surface area (Å²) in [6, 6.07) is 7.67. The molecule has 0 spiro atoms. The maximum atomic E-state index is 6.18. The standard InChI is InChI=1S/C14H14ClNO3/c1-2-17-10-3-4-12-9(7-10)8-11(13(15)16-12)14-18-5-6-19-14/h3-4,7-8,14H,2,5-6H2,1H3. The van der Waals surface area contributed by atoms with E-state index in [1.807, 2.05) is 31.2 Å². The van der Waals surface area contributed by atoms with E-state index in [2.05, 4.69) is 4.98 Å². The van der Waals surface area contributed by atoms with Crippen molar-refractivity contribution in [1.82, 2.24) is 4.98 Å². The van der Waals surface area contributed by atoms with E-state index in [0.717, 1.165) is 22.2 Å². The monoisotopic (exact) mass is 279 g/mol. The highest BCUT2D eigenvalue weighted by atomic mass is 35.5. The minimum atomic E-state index is -0.417. The number of pyridine rings is 1. The van der Waals surface area contributed by atoms with Gasteiger partial charge in [-0.2, -0.15) is 0 Å². The molecule has 2 heterocycles. The van der Waals surface area contributed by atoms with Crippen LogP contribution < -0.4 is 4.74 Å². The van der Waals surface area contributed by atoms with Gasteiger partial charge in [-0.05, 0) is 31.2 Å². The molecule has 4 nitrogen and oxygen atoms in total. The Morgan fingerprint density at radius 2 is 2.11 bits per heavy atom. The van der Waals surface area contributed by atoms with E-state index in [1.165, 1.54) is 0 Å². The Balaban J connectivity index is 2.05. The summed E-state index contributed by atoms with van der Waals surface area (Å²) in [5, 5.41) is 1.38. The number of aromatic nitrogens is 1. The van der Waals surface area contributed by atoms with Crippen LogP contribution in [-0.4, -0.2) is 24.8 Å². The van der Waals surface area contributed by atoms with Gasteiger partial charge in [0.15, 0.2) is 6.29 Å². The van der Waals surface area contributed by atoms with Gasteiger partial charge in [-0.15, -0.1) is 0 Å². The van der Waals surface area contributed by atoms with Crippen LogP contribution in [0.1, 0.15) is 18.8 Å². The van der Waals surface area contributed by atoms with Gasteiger partial charge < -0.3 is 14.2 Å². The maximum absolute atomic E-state index is 6.18. The van der Waals surface area contributed by atoms with Gasteiger partial charge in [0.05, 0.1) is 25.3 Å². The van der Waals surface area contributed by atoms with Crippen molar-refractivity contribution in [3.8, 4) is 5.75 Å². The summed E-state index contributed by atoms with van der Waals surface area (Å²) in [6.07, 6.45) is -0.417. The van der Waals surface area contributed by atoms with Crippen molar-refractivity contribution in [2.75, 3.05) is 19.8 Å².